The van der Waals surface area contributed by atoms with Crippen LogP contribution in [0.1, 0.15) is 17.9 Å². The Labute approximate surface area is 102 Å². The smallest absolute Gasteiger partial charge is 0.249 e. The summed E-state index contributed by atoms with van der Waals surface area (Å²) in [7, 11) is 2.82. The number of halogens is 3. The first kappa shape index (κ1) is 12.9. The van der Waals surface area contributed by atoms with Gasteiger partial charge in [0.25, 0.3) is 0 Å². The van der Waals surface area contributed by atoms with Gasteiger partial charge < -0.3 is 0 Å². The van der Waals surface area contributed by atoms with Gasteiger partial charge in [-0.25, -0.2) is 18.2 Å². The second-order valence-electron chi connectivity index (χ2n) is 4.27. The quantitative estimate of drug-likeness (QED) is 0.615. The molecule has 0 saturated heterocycles. The highest BCUT2D eigenvalue weighted by atomic mass is 19.2. The van der Waals surface area contributed by atoms with Crippen LogP contribution in [0.3, 0.4) is 0 Å². The van der Waals surface area contributed by atoms with E-state index in [1.807, 2.05) is 0 Å². The lowest BCUT2D eigenvalue weighted by molar-refractivity contribution is -0.170. The van der Waals surface area contributed by atoms with Crippen molar-refractivity contribution in [1.82, 2.24) is 5.06 Å². The van der Waals surface area contributed by atoms with Gasteiger partial charge in [0.2, 0.25) is 5.91 Å². The number of hydrogen-bond donors (Lipinski definition) is 0. The van der Waals surface area contributed by atoms with Crippen molar-refractivity contribution in [3.05, 3.63) is 35.1 Å². The first-order valence-corrected chi connectivity index (χ1v) is 5.41. The summed E-state index contributed by atoms with van der Waals surface area (Å²) in [5, 5.41) is 1.07. The molecule has 1 aliphatic carbocycles. The van der Waals surface area contributed by atoms with Crippen LogP contribution in [0.25, 0.3) is 0 Å². The molecule has 0 radical (unpaired) electrons. The van der Waals surface area contributed by atoms with E-state index in [0.717, 1.165) is 17.2 Å². The summed E-state index contributed by atoms with van der Waals surface area (Å²) < 4.78 is 38.9. The van der Waals surface area contributed by atoms with Gasteiger partial charge in [0.05, 0.1) is 7.11 Å². The Bertz CT molecular complexity index is 469. The predicted molar refractivity (Wildman–Crippen MR) is 56.9 cm³/mol. The Morgan fingerprint density at radius 1 is 1.33 bits per heavy atom. The van der Waals surface area contributed by atoms with E-state index in [-0.39, 0.29) is 17.7 Å². The van der Waals surface area contributed by atoms with Crippen molar-refractivity contribution in [3.63, 3.8) is 0 Å². The van der Waals surface area contributed by atoms with Crippen molar-refractivity contribution >= 4 is 5.91 Å². The minimum Gasteiger partial charge on any atom is -0.275 e. The van der Waals surface area contributed by atoms with E-state index in [9.17, 15) is 18.0 Å². The minimum atomic E-state index is -1.49. The zero-order valence-corrected chi connectivity index (χ0v) is 9.91. The molecule has 0 N–H and O–H groups in total. The van der Waals surface area contributed by atoms with Gasteiger partial charge in [-0.1, -0.05) is 0 Å². The fourth-order valence-electron chi connectivity index (χ4n) is 1.95. The third-order valence-electron chi connectivity index (χ3n) is 3.13. The molecule has 2 atom stereocenters. The highest BCUT2D eigenvalue weighted by Crippen LogP contribution is 2.48. The molecule has 18 heavy (non-hydrogen) atoms. The molecule has 2 rings (SSSR count). The lowest BCUT2D eigenvalue weighted by atomic mass is 10.1. The number of hydrogen-bond acceptors (Lipinski definition) is 2. The van der Waals surface area contributed by atoms with Gasteiger partial charge >= 0.3 is 0 Å². The monoisotopic (exact) mass is 259 g/mol. The molecule has 1 fully saturated rings. The maximum Gasteiger partial charge on any atom is 0.249 e. The summed E-state index contributed by atoms with van der Waals surface area (Å²) in [6.45, 7) is 0. The van der Waals surface area contributed by atoms with Crippen LogP contribution < -0.4 is 0 Å². The molecule has 1 aromatic rings. The van der Waals surface area contributed by atoms with Crippen LogP contribution in [0.4, 0.5) is 13.2 Å². The van der Waals surface area contributed by atoms with Crippen LogP contribution >= 0.6 is 0 Å². The molecule has 0 bridgehead atoms. The Morgan fingerprint density at radius 3 is 2.39 bits per heavy atom. The average Bonchev–Trinajstić information content (AvgIpc) is 3.13. The number of rotatable bonds is 3. The van der Waals surface area contributed by atoms with E-state index in [1.165, 1.54) is 14.2 Å². The molecule has 0 aromatic heterocycles. The highest BCUT2D eigenvalue weighted by molar-refractivity contribution is 5.81. The molecule has 0 aliphatic heterocycles. The van der Waals surface area contributed by atoms with Crippen LogP contribution in [0.2, 0.25) is 0 Å². The van der Waals surface area contributed by atoms with E-state index >= 15 is 0 Å². The van der Waals surface area contributed by atoms with E-state index in [0.29, 0.717) is 12.0 Å². The van der Waals surface area contributed by atoms with Crippen molar-refractivity contribution in [2.45, 2.75) is 12.3 Å². The third-order valence-corrected chi connectivity index (χ3v) is 3.13. The zero-order valence-electron chi connectivity index (χ0n) is 9.91. The van der Waals surface area contributed by atoms with E-state index in [4.69, 9.17) is 4.84 Å². The number of hydroxylamine groups is 2. The maximum absolute atomic E-state index is 13.0. The fraction of sp³-hybridized carbons (Fsp3) is 0.417. The Balaban J connectivity index is 2.15. The number of carbonyl (C=O) groups excluding carboxylic acids is 1. The normalized spacial score (nSPS) is 21.8. The van der Waals surface area contributed by atoms with Gasteiger partial charge in [-0.2, -0.15) is 0 Å². The van der Waals surface area contributed by atoms with Gasteiger partial charge in [-0.3, -0.25) is 9.63 Å². The molecule has 3 nitrogen and oxygen atoms in total. The van der Waals surface area contributed by atoms with Gasteiger partial charge in [-0.05, 0) is 30.0 Å². The van der Waals surface area contributed by atoms with Gasteiger partial charge in [0, 0.05) is 13.0 Å². The molecule has 1 saturated carbocycles. The van der Waals surface area contributed by atoms with E-state index < -0.39 is 17.5 Å². The molecular weight excluding hydrogens is 247 g/mol. The summed E-state index contributed by atoms with van der Waals surface area (Å²) in [5.74, 6) is -4.85. The standard InChI is InChI=1S/C12H12F3NO2/c1-16(18-2)12(17)8-5-7(8)6-3-9(13)11(15)10(14)4-6/h3-4,7-8H,5H2,1-2H3/t7-,8+/m0/s1. The second kappa shape index (κ2) is 4.61. The van der Waals surface area contributed by atoms with Gasteiger partial charge in [0.15, 0.2) is 17.5 Å². The topological polar surface area (TPSA) is 29.5 Å². The van der Waals surface area contributed by atoms with Crippen molar-refractivity contribution in [1.29, 1.82) is 0 Å². The molecule has 0 heterocycles. The Morgan fingerprint density at radius 2 is 1.89 bits per heavy atom. The number of amides is 1. The first-order valence-electron chi connectivity index (χ1n) is 5.41. The SMILES string of the molecule is CON(C)C(=O)[C@@H]1C[C@H]1c1cc(F)c(F)c(F)c1. The molecule has 1 amide bonds. The molecule has 0 unspecified atom stereocenters. The van der Waals surface area contributed by atoms with Crippen LogP contribution in [0, 0.1) is 23.4 Å². The third kappa shape index (κ3) is 2.20. The number of benzene rings is 1. The summed E-state index contributed by atoms with van der Waals surface area (Å²) in [6, 6.07) is 1.87. The molecular formula is C12H12F3NO2. The minimum absolute atomic E-state index is 0.257. The largest absolute Gasteiger partial charge is 0.275 e. The Hall–Kier alpha value is -1.56. The summed E-state index contributed by atoms with van der Waals surface area (Å²) >= 11 is 0. The van der Waals surface area contributed by atoms with Gasteiger partial charge in [0.1, 0.15) is 0 Å². The number of nitrogens with zero attached hydrogens (tertiary/aromatic N) is 1. The van der Waals surface area contributed by atoms with Crippen molar-refractivity contribution in [3.8, 4) is 0 Å². The van der Waals surface area contributed by atoms with Crippen LogP contribution in [-0.4, -0.2) is 25.1 Å². The molecule has 98 valence electrons. The molecule has 6 heteroatoms. The Kier molecular flexibility index (Phi) is 3.30. The molecule has 0 spiro atoms. The predicted octanol–water partition coefficient (Wildman–Crippen LogP) is 2.23. The average molecular weight is 259 g/mol. The van der Waals surface area contributed by atoms with E-state index in [2.05, 4.69) is 0 Å². The summed E-state index contributed by atoms with van der Waals surface area (Å²) in [5.41, 5.74) is 0.300. The summed E-state index contributed by atoms with van der Waals surface area (Å²) in [4.78, 5) is 16.4. The summed E-state index contributed by atoms with van der Waals surface area (Å²) in [6.07, 6.45) is 0.483. The van der Waals surface area contributed by atoms with Gasteiger partial charge in [-0.15, -0.1) is 0 Å². The van der Waals surface area contributed by atoms with Crippen LogP contribution in [0.5, 0.6) is 0 Å². The van der Waals surface area contributed by atoms with Crippen molar-refractivity contribution < 1.29 is 22.8 Å². The van der Waals surface area contributed by atoms with Crippen molar-refractivity contribution in [2.24, 2.45) is 5.92 Å². The highest BCUT2D eigenvalue weighted by Gasteiger charge is 2.46. The lowest BCUT2D eigenvalue weighted by Crippen LogP contribution is -2.27. The van der Waals surface area contributed by atoms with Crippen LogP contribution in [-0.2, 0) is 9.63 Å². The second-order valence-corrected chi connectivity index (χ2v) is 4.27. The van der Waals surface area contributed by atoms with Crippen molar-refractivity contribution in [2.75, 3.05) is 14.2 Å². The lowest BCUT2D eigenvalue weighted by Gasteiger charge is -2.13. The molecule has 1 aromatic carbocycles. The number of carbonyl (C=O) groups is 1. The van der Waals surface area contributed by atoms with Crippen LogP contribution in [0.15, 0.2) is 12.1 Å². The molecule has 1 aliphatic rings. The zero-order chi connectivity index (χ0) is 13.4. The maximum atomic E-state index is 13.0. The first-order chi connectivity index (χ1) is 8.45. The van der Waals surface area contributed by atoms with E-state index in [1.54, 1.807) is 0 Å². The fourth-order valence-corrected chi connectivity index (χ4v) is 1.95.